The zero-order valence-electron chi connectivity index (χ0n) is 8.55. The van der Waals surface area contributed by atoms with Gasteiger partial charge in [0.05, 0.1) is 7.11 Å². The number of amides is 1. The summed E-state index contributed by atoms with van der Waals surface area (Å²) in [5.74, 6) is 0. The van der Waals surface area contributed by atoms with Crippen LogP contribution in [0.1, 0.15) is 11.1 Å². The van der Waals surface area contributed by atoms with Crippen LogP contribution in [0.2, 0.25) is 0 Å². The van der Waals surface area contributed by atoms with Gasteiger partial charge in [0.15, 0.2) is 0 Å². The first-order chi connectivity index (χ1) is 6.54. The molecule has 1 rings (SSSR count). The van der Waals surface area contributed by atoms with Crippen molar-refractivity contribution < 1.29 is 9.53 Å². The lowest BCUT2D eigenvalue weighted by Crippen LogP contribution is -2.11. The van der Waals surface area contributed by atoms with E-state index in [1.807, 2.05) is 13.8 Å². The number of ether oxygens (including phenoxy) is 1. The van der Waals surface area contributed by atoms with Crippen molar-refractivity contribution in [1.82, 2.24) is 0 Å². The second kappa shape index (κ2) is 4.00. The summed E-state index contributed by atoms with van der Waals surface area (Å²) in [6.45, 7) is 3.79. The minimum atomic E-state index is -0.478. The van der Waals surface area contributed by atoms with Gasteiger partial charge >= 0.3 is 6.09 Å². The van der Waals surface area contributed by atoms with Crippen LogP contribution in [0.3, 0.4) is 0 Å². The Kier molecular flexibility index (Phi) is 2.96. The number of nitrogen functional groups attached to an aromatic ring is 1. The van der Waals surface area contributed by atoms with Crippen molar-refractivity contribution in [3.05, 3.63) is 23.3 Å². The zero-order chi connectivity index (χ0) is 10.7. The third kappa shape index (κ3) is 2.16. The number of hydrogen-bond acceptors (Lipinski definition) is 3. The summed E-state index contributed by atoms with van der Waals surface area (Å²) >= 11 is 0. The van der Waals surface area contributed by atoms with Crippen LogP contribution in [0.5, 0.6) is 0 Å². The van der Waals surface area contributed by atoms with Gasteiger partial charge < -0.3 is 10.5 Å². The van der Waals surface area contributed by atoms with Gasteiger partial charge in [0.2, 0.25) is 0 Å². The van der Waals surface area contributed by atoms with Gasteiger partial charge in [-0.2, -0.15) is 0 Å². The molecule has 0 aliphatic carbocycles. The Morgan fingerprint density at radius 3 is 2.29 bits per heavy atom. The van der Waals surface area contributed by atoms with Crippen molar-refractivity contribution in [2.45, 2.75) is 13.8 Å². The summed E-state index contributed by atoms with van der Waals surface area (Å²) in [6, 6.07) is 3.61. The molecule has 0 bridgehead atoms. The number of nitrogens with one attached hydrogen (secondary N) is 1. The first kappa shape index (κ1) is 10.4. The molecule has 0 spiro atoms. The Morgan fingerprint density at radius 2 is 1.86 bits per heavy atom. The van der Waals surface area contributed by atoms with Crippen LogP contribution >= 0.6 is 0 Å². The molecule has 0 heterocycles. The van der Waals surface area contributed by atoms with Crippen LogP contribution < -0.4 is 11.1 Å². The molecule has 1 amide bonds. The van der Waals surface area contributed by atoms with Crippen LogP contribution in [0.4, 0.5) is 16.2 Å². The van der Waals surface area contributed by atoms with Crippen LogP contribution in [-0.2, 0) is 4.74 Å². The lowest BCUT2D eigenvalue weighted by Gasteiger charge is -2.09. The van der Waals surface area contributed by atoms with Crippen molar-refractivity contribution in [2.24, 2.45) is 0 Å². The monoisotopic (exact) mass is 194 g/mol. The van der Waals surface area contributed by atoms with Gasteiger partial charge in [0, 0.05) is 11.4 Å². The highest BCUT2D eigenvalue weighted by molar-refractivity contribution is 5.85. The maximum Gasteiger partial charge on any atom is 0.411 e. The first-order valence-electron chi connectivity index (χ1n) is 4.26. The number of methoxy groups -OCH3 is 1. The Bertz CT molecular complexity index is 338. The fourth-order valence-corrected chi connectivity index (χ4v) is 1.22. The van der Waals surface area contributed by atoms with Crippen molar-refractivity contribution >= 4 is 17.5 Å². The van der Waals surface area contributed by atoms with Crippen LogP contribution in [0, 0.1) is 13.8 Å². The Balaban J connectivity index is 2.95. The van der Waals surface area contributed by atoms with Crippen LogP contribution in [-0.4, -0.2) is 13.2 Å². The van der Waals surface area contributed by atoms with E-state index in [0.717, 1.165) is 16.8 Å². The number of hydrogen-bond donors (Lipinski definition) is 2. The van der Waals surface area contributed by atoms with E-state index in [9.17, 15) is 4.79 Å². The normalized spacial score (nSPS) is 9.64. The van der Waals surface area contributed by atoms with Gasteiger partial charge in [-0.3, -0.25) is 5.32 Å². The van der Waals surface area contributed by atoms with E-state index in [1.54, 1.807) is 12.1 Å². The molecule has 1 aromatic rings. The van der Waals surface area contributed by atoms with E-state index in [4.69, 9.17) is 5.73 Å². The lowest BCUT2D eigenvalue weighted by molar-refractivity contribution is 0.187. The SMILES string of the molecule is COC(=O)Nc1cc(C)c(N)c(C)c1. The third-order valence-corrected chi connectivity index (χ3v) is 2.03. The molecule has 4 heteroatoms. The predicted octanol–water partition coefficient (Wildman–Crippen LogP) is 2.06. The second-order valence-corrected chi connectivity index (χ2v) is 3.14. The van der Waals surface area contributed by atoms with E-state index >= 15 is 0 Å². The topological polar surface area (TPSA) is 64.3 Å². The Labute approximate surface area is 83.1 Å². The van der Waals surface area contributed by atoms with Crippen LogP contribution in [0.25, 0.3) is 0 Å². The van der Waals surface area contributed by atoms with E-state index < -0.39 is 6.09 Å². The molecule has 1 aromatic carbocycles. The molecular formula is C10H14N2O2. The van der Waals surface area contributed by atoms with Gasteiger partial charge in [-0.05, 0) is 37.1 Å². The Morgan fingerprint density at radius 1 is 1.36 bits per heavy atom. The van der Waals surface area contributed by atoms with E-state index in [-0.39, 0.29) is 0 Å². The van der Waals surface area contributed by atoms with Gasteiger partial charge in [-0.1, -0.05) is 0 Å². The number of rotatable bonds is 1. The third-order valence-electron chi connectivity index (χ3n) is 2.03. The van der Waals surface area contributed by atoms with Crippen molar-refractivity contribution in [3.8, 4) is 0 Å². The number of aryl methyl sites for hydroxylation is 2. The molecule has 4 nitrogen and oxygen atoms in total. The molecule has 0 aliphatic heterocycles. The van der Waals surface area contributed by atoms with Crippen molar-refractivity contribution in [1.29, 1.82) is 0 Å². The lowest BCUT2D eigenvalue weighted by atomic mass is 10.1. The first-order valence-corrected chi connectivity index (χ1v) is 4.26. The quantitative estimate of drug-likeness (QED) is 0.672. The molecule has 0 fully saturated rings. The minimum Gasteiger partial charge on any atom is -0.453 e. The Hall–Kier alpha value is -1.71. The van der Waals surface area contributed by atoms with Gasteiger partial charge in [-0.15, -0.1) is 0 Å². The molecule has 76 valence electrons. The molecule has 0 aliphatic rings. The molecule has 0 atom stereocenters. The summed E-state index contributed by atoms with van der Waals surface area (Å²) in [7, 11) is 1.33. The minimum absolute atomic E-state index is 0.478. The standard InChI is InChI=1S/C10H14N2O2/c1-6-4-8(12-10(13)14-3)5-7(2)9(6)11/h4-5H,11H2,1-3H3,(H,12,13). The molecule has 0 saturated heterocycles. The van der Waals surface area contributed by atoms with Crippen LogP contribution in [0.15, 0.2) is 12.1 Å². The number of anilines is 2. The largest absolute Gasteiger partial charge is 0.453 e. The highest BCUT2D eigenvalue weighted by Crippen LogP contribution is 2.21. The van der Waals surface area contributed by atoms with Gasteiger partial charge in [0.25, 0.3) is 0 Å². The highest BCUT2D eigenvalue weighted by Gasteiger charge is 2.04. The van der Waals surface area contributed by atoms with Gasteiger partial charge in [0.1, 0.15) is 0 Å². The average molecular weight is 194 g/mol. The zero-order valence-corrected chi connectivity index (χ0v) is 8.55. The molecule has 3 N–H and O–H groups in total. The average Bonchev–Trinajstić information content (AvgIpc) is 2.14. The van der Waals surface area contributed by atoms with Crippen molar-refractivity contribution in [2.75, 3.05) is 18.2 Å². The van der Waals surface area contributed by atoms with Crippen molar-refractivity contribution in [3.63, 3.8) is 0 Å². The summed E-state index contributed by atoms with van der Waals surface area (Å²) in [6.07, 6.45) is -0.478. The molecule has 0 saturated carbocycles. The molecular weight excluding hydrogens is 180 g/mol. The smallest absolute Gasteiger partial charge is 0.411 e. The number of carbonyl (C=O) groups excluding carboxylic acids is 1. The molecule has 14 heavy (non-hydrogen) atoms. The summed E-state index contributed by atoms with van der Waals surface area (Å²) in [4.78, 5) is 10.9. The molecule has 0 radical (unpaired) electrons. The molecule has 0 aromatic heterocycles. The van der Waals surface area contributed by atoms with Gasteiger partial charge in [-0.25, -0.2) is 4.79 Å². The fourth-order valence-electron chi connectivity index (χ4n) is 1.22. The predicted molar refractivity (Wildman–Crippen MR) is 56.4 cm³/mol. The van der Waals surface area contributed by atoms with E-state index in [0.29, 0.717) is 5.69 Å². The molecule has 0 unspecified atom stereocenters. The highest BCUT2D eigenvalue weighted by atomic mass is 16.5. The fraction of sp³-hybridized carbons (Fsp3) is 0.300. The maximum atomic E-state index is 10.9. The summed E-state index contributed by atoms with van der Waals surface area (Å²) < 4.78 is 4.48. The van der Waals surface area contributed by atoms with E-state index in [2.05, 4.69) is 10.1 Å². The second-order valence-electron chi connectivity index (χ2n) is 3.14. The number of nitrogens with two attached hydrogens (primary N) is 1. The number of carbonyl (C=O) groups is 1. The summed E-state index contributed by atoms with van der Waals surface area (Å²) in [5.41, 5.74) is 9.10. The number of benzene rings is 1. The van der Waals surface area contributed by atoms with E-state index in [1.165, 1.54) is 7.11 Å². The maximum absolute atomic E-state index is 10.9. The summed E-state index contributed by atoms with van der Waals surface area (Å²) in [5, 5.41) is 2.58.